The van der Waals surface area contributed by atoms with Crippen LogP contribution in [0.1, 0.15) is 12.5 Å². The predicted octanol–water partition coefficient (Wildman–Crippen LogP) is 2.77. The van der Waals surface area contributed by atoms with Crippen LogP contribution in [0.2, 0.25) is 0 Å². The number of H-pyrrole nitrogens is 1. The number of rotatable bonds is 2. The van der Waals surface area contributed by atoms with Crippen LogP contribution in [0.3, 0.4) is 0 Å². The van der Waals surface area contributed by atoms with Crippen molar-refractivity contribution < 1.29 is 0 Å². The average Bonchev–Trinajstić information content (AvgIpc) is 2.73. The molecule has 0 amide bonds. The Kier molecular flexibility index (Phi) is 2.52. The zero-order chi connectivity index (χ0) is 10.1. The highest BCUT2D eigenvalue weighted by Crippen LogP contribution is 2.26. The van der Waals surface area contributed by atoms with Gasteiger partial charge in [0.25, 0.3) is 0 Å². The number of hydrogen-bond acceptors (Lipinski definition) is 3. The first-order valence-corrected chi connectivity index (χ1v) is 5.71. The van der Waals surface area contributed by atoms with E-state index in [4.69, 9.17) is 12.2 Å². The minimum absolute atomic E-state index is 0.593. The number of nitrogens with one attached hydrogen (secondary N) is 1. The van der Waals surface area contributed by atoms with E-state index in [2.05, 4.69) is 28.5 Å². The molecule has 0 saturated carbocycles. The standard InChI is InChI=1S/C9H11N3S2/c1-3-6-4-5-14-7(6)8-10-9(13)12(2)11-8/h4-5H,3H2,1-2H3,(H,10,11,13). The Hall–Kier alpha value is -0.940. The number of nitrogens with zero attached hydrogens (tertiary/aromatic N) is 2. The molecule has 14 heavy (non-hydrogen) atoms. The highest BCUT2D eigenvalue weighted by molar-refractivity contribution is 7.71. The Morgan fingerprint density at radius 3 is 3.00 bits per heavy atom. The van der Waals surface area contributed by atoms with E-state index in [1.54, 1.807) is 16.0 Å². The van der Waals surface area contributed by atoms with Gasteiger partial charge >= 0.3 is 0 Å². The third-order valence-electron chi connectivity index (χ3n) is 2.11. The molecular weight excluding hydrogens is 214 g/mol. The molecule has 5 heteroatoms. The fraction of sp³-hybridized carbons (Fsp3) is 0.333. The molecule has 0 radical (unpaired) electrons. The minimum atomic E-state index is 0.593. The summed E-state index contributed by atoms with van der Waals surface area (Å²) in [5.74, 6) is 0.879. The zero-order valence-corrected chi connectivity index (χ0v) is 9.71. The number of aryl methyl sites for hydroxylation is 2. The van der Waals surface area contributed by atoms with Crippen LogP contribution in [0.4, 0.5) is 0 Å². The molecule has 1 N–H and O–H groups in total. The first-order valence-electron chi connectivity index (χ1n) is 4.42. The number of aromatic amines is 1. The second-order valence-corrected chi connectivity index (χ2v) is 4.32. The summed E-state index contributed by atoms with van der Waals surface area (Å²) < 4.78 is 2.35. The summed E-state index contributed by atoms with van der Waals surface area (Å²) >= 11 is 6.75. The van der Waals surface area contributed by atoms with E-state index in [-0.39, 0.29) is 0 Å². The van der Waals surface area contributed by atoms with Gasteiger partial charge in [-0.15, -0.1) is 11.3 Å². The fourth-order valence-corrected chi connectivity index (χ4v) is 2.40. The summed E-state index contributed by atoms with van der Waals surface area (Å²) in [4.78, 5) is 5.49. The number of hydrogen-bond donors (Lipinski definition) is 1. The Bertz CT molecular complexity index is 492. The van der Waals surface area contributed by atoms with E-state index in [1.807, 2.05) is 7.05 Å². The van der Waals surface area contributed by atoms with Crippen LogP contribution >= 0.6 is 23.6 Å². The van der Waals surface area contributed by atoms with Crippen molar-refractivity contribution in [2.75, 3.05) is 0 Å². The smallest absolute Gasteiger partial charge is 0.216 e. The lowest BCUT2D eigenvalue weighted by atomic mass is 10.2. The topological polar surface area (TPSA) is 33.6 Å². The van der Waals surface area contributed by atoms with Crippen LogP contribution in [-0.2, 0) is 13.5 Å². The van der Waals surface area contributed by atoms with Crippen molar-refractivity contribution in [1.82, 2.24) is 14.8 Å². The molecule has 74 valence electrons. The number of thiophene rings is 1. The molecule has 2 aromatic heterocycles. The van der Waals surface area contributed by atoms with Gasteiger partial charge < -0.3 is 0 Å². The molecule has 2 aromatic rings. The lowest BCUT2D eigenvalue weighted by molar-refractivity contribution is 0.756. The Balaban J connectivity index is 2.54. The van der Waals surface area contributed by atoms with Crippen molar-refractivity contribution in [3.8, 4) is 10.7 Å². The van der Waals surface area contributed by atoms with E-state index >= 15 is 0 Å². The van der Waals surface area contributed by atoms with Gasteiger partial charge in [-0.1, -0.05) is 6.92 Å². The highest BCUT2D eigenvalue weighted by Gasteiger charge is 2.08. The lowest BCUT2D eigenvalue weighted by Gasteiger charge is -1.95. The van der Waals surface area contributed by atoms with Crippen LogP contribution in [0, 0.1) is 4.77 Å². The summed E-state index contributed by atoms with van der Waals surface area (Å²) in [6, 6.07) is 2.13. The maximum atomic E-state index is 5.05. The monoisotopic (exact) mass is 225 g/mol. The SMILES string of the molecule is CCc1ccsc1-c1nc(=S)n(C)[nH]1. The average molecular weight is 225 g/mol. The van der Waals surface area contributed by atoms with Crippen molar-refractivity contribution in [3.05, 3.63) is 21.8 Å². The summed E-state index contributed by atoms with van der Waals surface area (Å²) in [5.41, 5.74) is 1.32. The lowest BCUT2D eigenvalue weighted by Crippen LogP contribution is -1.89. The van der Waals surface area contributed by atoms with Crippen molar-refractivity contribution in [2.45, 2.75) is 13.3 Å². The van der Waals surface area contributed by atoms with Crippen molar-refractivity contribution >= 4 is 23.6 Å². The van der Waals surface area contributed by atoms with Crippen molar-refractivity contribution in [3.63, 3.8) is 0 Å². The normalized spacial score (nSPS) is 10.7. The zero-order valence-electron chi connectivity index (χ0n) is 8.07. The van der Waals surface area contributed by atoms with Crippen LogP contribution < -0.4 is 0 Å². The van der Waals surface area contributed by atoms with Crippen molar-refractivity contribution in [1.29, 1.82) is 0 Å². The third-order valence-corrected chi connectivity index (χ3v) is 3.44. The van der Waals surface area contributed by atoms with Gasteiger partial charge in [-0.25, -0.2) is 0 Å². The van der Waals surface area contributed by atoms with Crippen LogP contribution in [-0.4, -0.2) is 14.8 Å². The largest absolute Gasteiger partial charge is 0.279 e. The molecule has 0 spiro atoms. The van der Waals surface area contributed by atoms with Gasteiger partial charge in [0.15, 0.2) is 5.82 Å². The Morgan fingerprint density at radius 1 is 1.64 bits per heavy atom. The second-order valence-electron chi connectivity index (χ2n) is 3.04. The van der Waals surface area contributed by atoms with Gasteiger partial charge in [0.1, 0.15) is 0 Å². The van der Waals surface area contributed by atoms with E-state index in [1.165, 1.54) is 10.4 Å². The fourth-order valence-electron chi connectivity index (χ4n) is 1.33. The summed E-state index contributed by atoms with van der Waals surface area (Å²) in [6.45, 7) is 2.14. The van der Waals surface area contributed by atoms with Gasteiger partial charge in [0, 0.05) is 7.05 Å². The molecule has 0 atom stereocenters. The van der Waals surface area contributed by atoms with Crippen LogP contribution in [0.15, 0.2) is 11.4 Å². The Labute approximate surface area is 91.4 Å². The van der Waals surface area contributed by atoms with E-state index < -0.39 is 0 Å². The molecule has 0 aromatic carbocycles. The predicted molar refractivity (Wildman–Crippen MR) is 61.1 cm³/mol. The molecule has 2 rings (SSSR count). The molecule has 0 bridgehead atoms. The molecule has 0 aliphatic carbocycles. The Morgan fingerprint density at radius 2 is 2.43 bits per heavy atom. The van der Waals surface area contributed by atoms with Gasteiger partial charge in [-0.05, 0) is 35.6 Å². The summed E-state index contributed by atoms with van der Waals surface area (Å²) in [5, 5.41) is 5.22. The second kappa shape index (κ2) is 3.67. The molecule has 0 aliphatic heterocycles. The first-order chi connectivity index (χ1) is 6.72. The molecule has 2 heterocycles. The summed E-state index contributed by atoms with van der Waals surface area (Å²) in [7, 11) is 1.87. The quantitative estimate of drug-likeness (QED) is 0.797. The van der Waals surface area contributed by atoms with Gasteiger partial charge in [-0.2, -0.15) is 4.98 Å². The molecule has 3 nitrogen and oxygen atoms in total. The van der Waals surface area contributed by atoms with Gasteiger partial charge in [-0.3, -0.25) is 9.78 Å². The minimum Gasteiger partial charge on any atom is -0.279 e. The van der Waals surface area contributed by atoms with Crippen LogP contribution in [0.5, 0.6) is 0 Å². The van der Waals surface area contributed by atoms with Gasteiger partial charge in [0.05, 0.1) is 4.88 Å². The number of aromatic nitrogens is 3. The molecule has 0 fully saturated rings. The molecular formula is C9H11N3S2. The highest BCUT2D eigenvalue weighted by atomic mass is 32.1. The third kappa shape index (κ3) is 1.53. The van der Waals surface area contributed by atoms with E-state index in [9.17, 15) is 0 Å². The molecule has 0 unspecified atom stereocenters. The summed E-state index contributed by atoms with van der Waals surface area (Å²) in [6.07, 6.45) is 1.02. The van der Waals surface area contributed by atoms with Gasteiger partial charge in [0.2, 0.25) is 4.77 Å². The van der Waals surface area contributed by atoms with Crippen LogP contribution in [0.25, 0.3) is 10.7 Å². The van der Waals surface area contributed by atoms with E-state index in [0.717, 1.165) is 12.2 Å². The van der Waals surface area contributed by atoms with Crippen molar-refractivity contribution in [2.24, 2.45) is 7.05 Å². The van der Waals surface area contributed by atoms with E-state index in [0.29, 0.717) is 4.77 Å². The first kappa shape index (κ1) is 9.61. The molecule has 0 saturated heterocycles. The maximum absolute atomic E-state index is 5.05. The molecule has 0 aliphatic rings. The maximum Gasteiger partial charge on any atom is 0.216 e.